The van der Waals surface area contributed by atoms with Gasteiger partial charge in [-0.15, -0.1) is 0 Å². The molecule has 0 atom stereocenters. The first-order valence-corrected chi connectivity index (χ1v) is 14.6. The minimum atomic E-state index is -0.750. The van der Waals surface area contributed by atoms with Crippen LogP contribution in [0, 0.1) is 0 Å². The highest BCUT2D eigenvalue weighted by molar-refractivity contribution is 5.91. The fourth-order valence-corrected chi connectivity index (χ4v) is 6.25. The zero-order chi connectivity index (χ0) is 29.8. The standard InChI is InChI=1S/C37H36O6/c1-39-31-15-11-29(12-16-31)37(28-7-5-4-6-8-28,30-13-17-32(40-2)18-14-30)43-23-25-9-19-34-33-20-10-26(36(38)41-3)22-27(33)24-42-35(34)21-25/h4-11,13,15,17,19-22H,12,14,16,18,23-24H2,1-3H3. The van der Waals surface area contributed by atoms with Crippen molar-refractivity contribution in [2.24, 2.45) is 0 Å². The van der Waals surface area contributed by atoms with Gasteiger partial charge in [-0.3, -0.25) is 0 Å². The Morgan fingerprint density at radius 2 is 1.44 bits per heavy atom. The first kappa shape index (κ1) is 28.6. The molecular formula is C37H36O6. The maximum atomic E-state index is 12.0. The molecule has 1 aliphatic heterocycles. The van der Waals surface area contributed by atoms with E-state index in [0.29, 0.717) is 18.8 Å². The van der Waals surface area contributed by atoms with Crippen LogP contribution < -0.4 is 4.74 Å². The summed E-state index contributed by atoms with van der Waals surface area (Å²) in [6.07, 6.45) is 11.7. The molecule has 6 rings (SSSR count). The van der Waals surface area contributed by atoms with Gasteiger partial charge in [0.2, 0.25) is 0 Å². The second kappa shape index (κ2) is 12.4. The van der Waals surface area contributed by atoms with Crippen LogP contribution in [0.15, 0.2) is 114 Å². The highest BCUT2D eigenvalue weighted by Gasteiger charge is 2.42. The SMILES string of the molecule is COC(=O)c1ccc2c(c1)COc1cc(COC(C3=CC=C(OC)CC3)(C3=CC=C(OC)CC3)c3ccccc3)ccc1-2. The number of fused-ring (bicyclic) bond motifs is 3. The Hall–Kier alpha value is -4.55. The zero-order valence-corrected chi connectivity index (χ0v) is 24.9. The molecule has 0 fully saturated rings. The lowest BCUT2D eigenvalue weighted by atomic mass is 9.73. The van der Waals surface area contributed by atoms with E-state index in [-0.39, 0.29) is 5.97 Å². The van der Waals surface area contributed by atoms with E-state index in [2.05, 4.69) is 66.8 Å². The predicted octanol–water partition coefficient (Wildman–Crippen LogP) is 7.95. The van der Waals surface area contributed by atoms with Gasteiger partial charge in [-0.05, 0) is 76.6 Å². The molecule has 6 heteroatoms. The van der Waals surface area contributed by atoms with Crippen molar-refractivity contribution in [2.45, 2.75) is 44.5 Å². The van der Waals surface area contributed by atoms with E-state index < -0.39 is 5.60 Å². The fraction of sp³-hybridized carbons (Fsp3) is 0.270. The smallest absolute Gasteiger partial charge is 0.337 e. The van der Waals surface area contributed by atoms with E-state index in [1.54, 1.807) is 20.3 Å². The van der Waals surface area contributed by atoms with Gasteiger partial charge in [-0.2, -0.15) is 0 Å². The Balaban J connectivity index is 1.37. The van der Waals surface area contributed by atoms with Crippen LogP contribution >= 0.6 is 0 Å². The molecule has 3 aromatic rings. The molecule has 0 aromatic heterocycles. The molecule has 43 heavy (non-hydrogen) atoms. The lowest BCUT2D eigenvalue weighted by Crippen LogP contribution is -2.36. The van der Waals surface area contributed by atoms with Crippen molar-refractivity contribution in [2.75, 3.05) is 21.3 Å². The molecule has 1 heterocycles. The number of allylic oxidation sites excluding steroid dienone is 6. The normalized spacial score (nSPS) is 15.9. The first-order valence-electron chi connectivity index (χ1n) is 14.6. The summed E-state index contributed by atoms with van der Waals surface area (Å²) < 4.78 is 29.3. The van der Waals surface area contributed by atoms with Crippen molar-refractivity contribution in [1.29, 1.82) is 0 Å². The Kier molecular flexibility index (Phi) is 8.21. The molecule has 0 unspecified atom stereocenters. The number of methoxy groups -OCH3 is 3. The number of carbonyl (C=O) groups excluding carboxylic acids is 1. The average molecular weight is 577 g/mol. The Morgan fingerprint density at radius 3 is 2.05 bits per heavy atom. The van der Waals surface area contributed by atoms with Crippen molar-refractivity contribution in [3.8, 4) is 16.9 Å². The number of benzene rings is 3. The van der Waals surface area contributed by atoms with Crippen molar-refractivity contribution < 1.29 is 28.5 Å². The monoisotopic (exact) mass is 576 g/mol. The largest absolute Gasteiger partial charge is 0.501 e. The summed E-state index contributed by atoms with van der Waals surface area (Å²) in [5, 5.41) is 0. The summed E-state index contributed by atoms with van der Waals surface area (Å²) in [5.41, 5.74) is 7.29. The molecule has 3 aliphatic rings. The van der Waals surface area contributed by atoms with E-state index in [1.807, 2.05) is 18.2 Å². The van der Waals surface area contributed by atoms with Crippen LogP contribution in [-0.4, -0.2) is 27.3 Å². The predicted molar refractivity (Wildman–Crippen MR) is 165 cm³/mol. The van der Waals surface area contributed by atoms with Gasteiger partial charge >= 0.3 is 5.97 Å². The summed E-state index contributed by atoms with van der Waals surface area (Å²) in [6, 6.07) is 22.3. The van der Waals surface area contributed by atoms with Crippen LogP contribution in [0.25, 0.3) is 11.1 Å². The van der Waals surface area contributed by atoms with Crippen molar-refractivity contribution >= 4 is 5.97 Å². The van der Waals surface area contributed by atoms with Gasteiger partial charge in [0, 0.05) is 18.4 Å². The number of ether oxygens (including phenoxy) is 5. The number of carbonyl (C=O) groups is 1. The van der Waals surface area contributed by atoms with Gasteiger partial charge in [0.05, 0.1) is 45.0 Å². The number of esters is 1. The third-order valence-corrected chi connectivity index (χ3v) is 8.53. The lowest BCUT2D eigenvalue weighted by molar-refractivity contribution is -0.0115. The summed E-state index contributed by atoms with van der Waals surface area (Å²) in [4.78, 5) is 12.0. The van der Waals surface area contributed by atoms with Gasteiger partial charge in [-0.1, -0.05) is 60.7 Å². The Labute approximate surface area is 252 Å². The maximum Gasteiger partial charge on any atom is 0.337 e. The molecule has 0 radical (unpaired) electrons. The maximum absolute atomic E-state index is 12.0. The van der Waals surface area contributed by atoms with Crippen molar-refractivity contribution in [1.82, 2.24) is 0 Å². The van der Waals surface area contributed by atoms with Crippen LogP contribution in [0.3, 0.4) is 0 Å². The third-order valence-electron chi connectivity index (χ3n) is 8.53. The Bertz CT molecular complexity index is 1600. The minimum Gasteiger partial charge on any atom is -0.501 e. The van der Waals surface area contributed by atoms with E-state index in [1.165, 1.54) is 18.3 Å². The molecule has 3 aromatic carbocycles. The summed E-state index contributed by atoms with van der Waals surface area (Å²) >= 11 is 0. The van der Waals surface area contributed by atoms with Crippen LogP contribution in [0.2, 0.25) is 0 Å². The topological polar surface area (TPSA) is 63.2 Å². The van der Waals surface area contributed by atoms with E-state index in [4.69, 9.17) is 23.7 Å². The van der Waals surface area contributed by atoms with Crippen LogP contribution in [0.1, 0.15) is 52.7 Å². The third kappa shape index (κ3) is 5.51. The highest BCUT2D eigenvalue weighted by atomic mass is 16.5. The molecule has 0 saturated heterocycles. The number of hydrogen-bond donors (Lipinski definition) is 0. The highest BCUT2D eigenvalue weighted by Crippen LogP contribution is 2.48. The number of hydrogen-bond acceptors (Lipinski definition) is 6. The average Bonchev–Trinajstić information content (AvgIpc) is 3.08. The van der Waals surface area contributed by atoms with E-state index >= 15 is 0 Å². The Morgan fingerprint density at radius 1 is 0.767 bits per heavy atom. The lowest BCUT2D eigenvalue weighted by Gasteiger charge is -2.41. The molecule has 2 aliphatic carbocycles. The van der Waals surface area contributed by atoms with Gasteiger partial charge < -0.3 is 23.7 Å². The second-order valence-corrected chi connectivity index (χ2v) is 10.9. The van der Waals surface area contributed by atoms with E-state index in [0.717, 1.165) is 70.8 Å². The van der Waals surface area contributed by atoms with Gasteiger partial charge in [0.25, 0.3) is 0 Å². The van der Waals surface area contributed by atoms with Gasteiger partial charge in [0.1, 0.15) is 18.0 Å². The van der Waals surface area contributed by atoms with Gasteiger partial charge in [-0.25, -0.2) is 4.79 Å². The molecule has 220 valence electrons. The van der Waals surface area contributed by atoms with Crippen LogP contribution in [-0.2, 0) is 37.8 Å². The molecular weight excluding hydrogens is 540 g/mol. The summed E-state index contributed by atoms with van der Waals surface area (Å²) in [5.74, 6) is 2.39. The second-order valence-electron chi connectivity index (χ2n) is 10.9. The molecule has 0 N–H and O–H groups in total. The first-order chi connectivity index (χ1) is 21.0. The van der Waals surface area contributed by atoms with E-state index in [9.17, 15) is 4.79 Å². The number of rotatable bonds is 9. The quantitative estimate of drug-likeness (QED) is 0.241. The summed E-state index contributed by atoms with van der Waals surface area (Å²) in [7, 11) is 4.84. The van der Waals surface area contributed by atoms with Crippen LogP contribution in [0.5, 0.6) is 5.75 Å². The molecule has 0 bridgehead atoms. The molecule has 0 amide bonds. The molecule has 6 nitrogen and oxygen atoms in total. The summed E-state index contributed by atoms with van der Waals surface area (Å²) in [6.45, 7) is 0.767. The van der Waals surface area contributed by atoms with Gasteiger partial charge in [0.15, 0.2) is 0 Å². The zero-order valence-electron chi connectivity index (χ0n) is 24.9. The minimum absolute atomic E-state index is 0.355. The van der Waals surface area contributed by atoms with Crippen LogP contribution in [0.4, 0.5) is 0 Å². The fourth-order valence-electron chi connectivity index (χ4n) is 6.25. The molecule has 0 spiro atoms. The molecule has 0 saturated carbocycles. The van der Waals surface area contributed by atoms with Crippen molar-refractivity contribution in [3.63, 3.8) is 0 Å². The van der Waals surface area contributed by atoms with Crippen molar-refractivity contribution in [3.05, 3.63) is 136 Å².